The second kappa shape index (κ2) is 10.3. The van der Waals surface area contributed by atoms with Crippen molar-refractivity contribution in [3.8, 4) is 11.5 Å². The van der Waals surface area contributed by atoms with Crippen molar-refractivity contribution in [2.75, 3.05) is 26.8 Å². The molecule has 0 spiro atoms. The number of imide groups is 1. The molecule has 34 heavy (non-hydrogen) atoms. The summed E-state index contributed by atoms with van der Waals surface area (Å²) in [6, 6.07) is 12.5. The molecule has 1 aliphatic rings. The van der Waals surface area contributed by atoms with Crippen LogP contribution in [0.1, 0.15) is 23.0 Å². The standard InChI is InChI=1S/C24H22N4O5S/c1-3-33-19-9-8-15(12-20(19)32-2)13-21-23(30)28(24(31)34-21)11-10-25-22(29)18-14-26-16-6-4-5-7-17(16)27-18/h4-9,12-14H,3,10-11H2,1-2H3,(H,25,29)/b21-13-. The van der Waals surface area contributed by atoms with Gasteiger partial charge in [-0.2, -0.15) is 0 Å². The molecule has 3 aromatic rings. The van der Waals surface area contributed by atoms with E-state index in [0.29, 0.717) is 39.6 Å². The number of carbonyl (C=O) groups is 3. The topological polar surface area (TPSA) is 111 Å². The first-order chi connectivity index (χ1) is 16.5. The highest BCUT2D eigenvalue weighted by molar-refractivity contribution is 8.18. The van der Waals surface area contributed by atoms with E-state index in [4.69, 9.17) is 9.47 Å². The average Bonchev–Trinajstić information content (AvgIpc) is 3.11. The van der Waals surface area contributed by atoms with Crippen LogP contribution in [0.25, 0.3) is 17.1 Å². The molecule has 3 amide bonds. The van der Waals surface area contributed by atoms with E-state index < -0.39 is 17.1 Å². The molecule has 0 aliphatic carbocycles. The third-order valence-electron chi connectivity index (χ3n) is 4.96. The van der Waals surface area contributed by atoms with Gasteiger partial charge in [0.1, 0.15) is 5.69 Å². The van der Waals surface area contributed by atoms with Gasteiger partial charge in [0.15, 0.2) is 11.5 Å². The van der Waals surface area contributed by atoms with Crippen LogP contribution in [-0.4, -0.2) is 58.7 Å². The summed E-state index contributed by atoms with van der Waals surface area (Å²) in [5, 5.41) is 2.29. The number of rotatable bonds is 8. The summed E-state index contributed by atoms with van der Waals surface area (Å²) < 4.78 is 10.8. The predicted octanol–water partition coefficient (Wildman–Crippen LogP) is 3.50. The number of fused-ring (bicyclic) bond motifs is 1. The van der Waals surface area contributed by atoms with Gasteiger partial charge in [-0.3, -0.25) is 24.3 Å². The number of hydrogen-bond donors (Lipinski definition) is 1. The van der Waals surface area contributed by atoms with Gasteiger partial charge < -0.3 is 14.8 Å². The highest BCUT2D eigenvalue weighted by Crippen LogP contribution is 2.34. The third-order valence-corrected chi connectivity index (χ3v) is 5.87. The fraction of sp³-hybridized carbons (Fsp3) is 0.208. The summed E-state index contributed by atoms with van der Waals surface area (Å²) in [6.07, 6.45) is 3.03. The van der Waals surface area contributed by atoms with Gasteiger partial charge >= 0.3 is 0 Å². The molecule has 1 N–H and O–H groups in total. The van der Waals surface area contributed by atoms with Crippen molar-refractivity contribution in [1.29, 1.82) is 0 Å². The molecular formula is C24H22N4O5S. The lowest BCUT2D eigenvalue weighted by atomic mass is 10.2. The van der Waals surface area contributed by atoms with Gasteiger partial charge in [-0.15, -0.1) is 0 Å². The molecular weight excluding hydrogens is 456 g/mol. The van der Waals surface area contributed by atoms with Crippen LogP contribution in [-0.2, 0) is 4.79 Å². The summed E-state index contributed by atoms with van der Waals surface area (Å²) >= 11 is 0.853. The van der Waals surface area contributed by atoms with Gasteiger partial charge in [0.2, 0.25) is 0 Å². The van der Waals surface area contributed by atoms with Crippen molar-refractivity contribution in [3.05, 3.63) is 64.8 Å². The lowest BCUT2D eigenvalue weighted by Crippen LogP contribution is -2.37. The second-order valence-corrected chi connectivity index (χ2v) is 8.17. The fourth-order valence-electron chi connectivity index (χ4n) is 3.33. The number of methoxy groups -OCH3 is 1. The maximum atomic E-state index is 12.8. The van der Waals surface area contributed by atoms with E-state index in [-0.39, 0.29) is 18.8 Å². The Labute approximate surface area is 200 Å². The van der Waals surface area contributed by atoms with E-state index in [1.807, 2.05) is 19.1 Å². The van der Waals surface area contributed by atoms with Gasteiger partial charge in [-0.25, -0.2) is 4.98 Å². The number of nitrogens with zero attached hydrogens (tertiary/aromatic N) is 3. The van der Waals surface area contributed by atoms with Gasteiger partial charge in [-0.1, -0.05) is 18.2 Å². The zero-order chi connectivity index (χ0) is 24.1. The molecule has 10 heteroatoms. The number of ether oxygens (including phenoxy) is 2. The van der Waals surface area contributed by atoms with Crippen LogP contribution >= 0.6 is 11.8 Å². The summed E-state index contributed by atoms with van der Waals surface area (Å²) in [6.45, 7) is 2.51. The van der Waals surface area contributed by atoms with Crippen molar-refractivity contribution in [2.24, 2.45) is 0 Å². The Morgan fingerprint density at radius 2 is 1.94 bits per heavy atom. The van der Waals surface area contributed by atoms with E-state index >= 15 is 0 Å². The molecule has 9 nitrogen and oxygen atoms in total. The number of hydrogen-bond acceptors (Lipinski definition) is 8. The smallest absolute Gasteiger partial charge is 0.293 e. The Hall–Kier alpha value is -3.92. The number of amides is 3. The first kappa shape index (κ1) is 23.2. The van der Waals surface area contributed by atoms with E-state index in [1.165, 1.54) is 13.3 Å². The van der Waals surface area contributed by atoms with Crippen LogP contribution < -0.4 is 14.8 Å². The monoisotopic (exact) mass is 478 g/mol. The molecule has 2 aromatic carbocycles. The van der Waals surface area contributed by atoms with Crippen LogP contribution in [0, 0.1) is 0 Å². The Kier molecular flexibility index (Phi) is 7.07. The Morgan fingerprint density at radius 3 is 2.71 bits per heavy atom. The van der Waals surface area contributed by atoms with Crippen LogP contribution in [0.5, 0.6) is 11.5 Å². The van der Waals surface area contributed by atoms with E-state index in [9.17, 15) is 14.4 Å². The van der Waals surface area contributed by atoms with Crippen LogP contribution in [0.4, 0.5) is 4.79 Å². The number of aromatic nitrogens is 2. The summed E-state index contributed by atoms with van der Waals surface area (Å²) in [7, 11) is 1.54. The maximum Gasteiger partial charge on any atom is 0.293 e. The zero-order valence-electron chi connectivity index (χ0n) is 18.6. The highest BCUT2D eigenvalue weighted by atomic mass is 32.2. The van der Waals surface area contributed by atoms with Gasteiger partial charge in [0.05, 0.1) is 35.9 Å². The van der Waals surface area contributed by atoms with Crippen molar-refractivity contribution in [2.45, 2.75) is 6.92 Å². The van der Waals surface area contributed by atoms with Crippen LogP contribution in [0.3, 0.4) is 0 Å². The molecule has 0 unspecified atom stereocenters. The molecule has 1 aliphatic heterocycles. The highest BCUT2D eigenvalue weighted by Gasteiger charge is 2.34. The molecule has 4 rings (SSSR count). The number of benzene rings is 2. The first-order valence-corrected chi connectivity index (χ1v) is 11.4. The minimum atomic E-state index is -0.428. The molecule has 0 bridgehead atoms. The summed E-state index contributed by atoms with van der Waals surface area (Å²) in [5.74, 6) is 0.293. The van der Waals surface area contributed by atoms with Gasteiger partial charge in [0, 0.05) is 13.1 Å². The SMILES string of the molecule is CCOc1ccc(/C=C2\SC(=O)N(CCNC(=O)c3cnc4ccccc4n3)C2=O)cc1OC. The average molecular weight is 479 g/mol. The number of carbonyl (C=O) groups excluding carboxylic acids is 3. The molecule has 2 heterocycles. The number of nitrogens with one attached hydrogen (secondary N) is 1. The third kappa shape index (κ3) is 5.01. The molecule has 1 aromatic heterocycles. The van der Waals surface area contributed by atoms with Gasteiger partial charge in [-0.05, 0) is 54.6 Å². The quantitative estimate of drug-likeness (QED) is 0.490. The fourth-order valence-corrected chi connectivity index (χ4v) is 4.20. The minimum absolute atomic E-state index is 0.0430. The first-order valence-electron chi connectivity index (χ1n) is 10.6. The molecule has 174 valence electrons. The predicted molar refractivity (Wildman–Crippen MR) is 129 cm³/mol. The largest absolute Gasteiger partial charge is 0.493 e. The minimum Gasteiger partial charge on any atom is -0.493 e. The lowest BCUT2D eigenvalue weighted by molar-refractivity contribution is -0.122. The van der Waals surface area contributed by atoms with Gasteiger partial charge in [0.25, 0.3) is 17.1 Å². The molecule has 1 fully saturated rings. The maximum absolute atomic E-state index is 12.8. The number of para-hydroxylation sites is 2. The molecule has 1 saturated heterocycles. The zero-order valence-corrected chi connectivity index (χ0v) is 19.4. The lowest BCUT2D eigenvalue weighted by Gasteiger charge is -2.13. The van der Waals surface area contributed by atoms with Crippen molar-refractivity contribution < 1.29 is 23.9 Å². The molecule has 0 atom stereocenters. The second-order valence-electron chi connectivity index (χ2n) is 7.18. The van der Waals surface area contributed by atoms with E-state index in [2.05, 4.69) is 15.3 Å². The van der Waals surface area contributed by atoms with Crippen molar-refractivity contribution >= 4 is 45.9 Å². The van der Waals surface area contributed by atoms with Crippen LogP contribution in [0.2, 0.25) is 0 Å². The van der Waals surface area contributed by atoms with E-state index in [1.54, 1.807) is 36.4 Å². The van der Waals surface area contributed by atoms with Crippen molar-refractivity contribution in [1.82, 2.24) is 20.2 Å². The van der Waals surface area contributed by atoms with E-state index in [0.717, 1.165) is 16.7 Å². The Morgan fingerprint density at radius 1 is 1.15 bits per heavy atom. The molecule has 0 radical (unpaired) electrons. The summed E-state index contributed by atoms with van der Waals surface area (Å²) in [4.78, 5) is 47.5. The van der Waals surface area contributed by atoms with Crippen LogP contribution in [0.15, 0.2) is 53.6 Å². The molecule has 0 saturated carbocycles. The normalized spacial score (nSPS) is 14.6. The Balaban J connectivity index is 1.38. The summed E-state index contributed by atoms with van der Waals surface area (Å²) in [5.41, 5.74) is 2.16. The Bertz CT molecular complexity index is 1290. The van der Waals surface area contributed by atoms with Crippen molar-refractivity contribution in [3.63, 3.8) is 0 Å². The number of thioether (sulfide) groups is 1.